The minimum absolute atomic E-state index is 0.0279. The second kappa shape index (κ2) is 7.67. The third-order valence-electron chi connectivity index (χ3n) is 4.22. The molecule has 4 aromatic rings. The van der Waals surface area contributed by atoms with E-state index in [1.165, 1.54) is 12.3 Å². The van der Waals surface area contributed by atoms with Crippen molar-refractivity contribution in [3.63, 3.8) is 0 Å². The summed E-state index contributed by atoms with van der Waals surface area (Å²) in [5, 5.41) is 0.596. The van der Waals surface area contributed by atoms with Gasteiger partial charge in [-0.25, -0.2) is 4.72 Å². The number of anilines is 1. The molecule has 0 fully saturated rings. The highest BCUT2D eigenvalue weighted by atomic mass is 32.2. The largest absolute Gasteiger partial charge is 0.588 e. The van der Waals surface area contributed by atoms with Crippen molar-refractivity contribution in [1.29, 1.82) is 0 Å². The van der Waals surface area contributed by atoms with Gasteiger partial charge in [-0.1, -0.05) is 36.4 Å². The van der Waals surface area contributed by atoms with Crippen molar-refractivity contribution in [2.75, 3.05) is 4.72 Å². The van der Waals surface area contributed by atoms with Gasteiger partial charge in [0.15, 0.2) is 10.7 Å². The summed E-state index contributed by atoms with van der Waals surface area (Å²) in [6.45, 7) is 0. The highest BCUT2D eigenvalue weighted by Gasteiger charge is 2.17. The fourth-order valence-electron chi connectivity index (χ4n) is 2.85. The first kappa shape index (κ1) is 18.0. The van der Waals surface area contributed by atoms with Gasteiger partial charge in [0, 0.05) is 17.1 Å². The van der Waals surface area contributed by atoms with Crippen molar-refractivity contribution in [1.82, 2.24) is 9.97 Å². The highest BCUT2D eigenvalue weighted by Crippen LogP contribution is 2.25. The quantitative estimate of drug-likeness (QED) is 0.403. The first-order valence-electron chi connectivity index (χ1n) is 8.48. The zero-order chi connectivity index (χ0) is 19.5. The van der Waals surface area contributed by atoms with Gasteiger partial charge in [0.1, 0.15) is 11.4 Å². The van der Waals surface area contributed by atoms with Crippen LogP contribution >= 0.6 is 0 Å². The van der Waals surface area contributed by atoms with Crippen LogP contribution in [0.3, 0.4) is 0 Å². The number of aromatic nitrogens is 2. The Bertz CT molecular complexity index is 1190. The van der Waals surface area contributed by atoms with Gasteiger partial charge in [-0.15, -0.1) is 0 Å². The lowest BCUT2D eigenvalue weighted by molar-refractivity contribution is 0.103. The molecule has 0 bridgehead atoms. The van der Waals surface area contributed by atoms with E-state index in [0.717, 1.165) is 0 Å². The molecule has 2 aromatic heterocycles. The average Bonchev–Trinajstić information content (AvgIpc) is 2.74. The van der Waals surface area contributed by atoms with Crippen LogP contribution in [0, 0.1) is 0 Å². The first-order valence-corrected chi connectivity index (χ1v) is 9.63. The molecule has 1 atom stereocenters. The molecular weight excluding hydrogens is 374 g/mol. The van der Waals surface area contributed by atoms with E-state index in [-0.39, 0.29) is 11.3 Å². The van der Waals surface area contributed by atoms with E-state index in [9.17, 15) is 14.1 Å². The molecule has 6 nitrogen and oxygen atoms in total. The molecule has 0 spiro atoms. The van der Waals surface area contributed by atoms with Gasteiger partial charge in [0.05, 0.1) is 23.0 Å². The smallest absolute Gasteiger partial charge is 0.259 e. The summed E-state index contributed by atoms with van der Waals surface area (Å²) >= 11 is -1.54. The van der Waals surface area contributed by atoms with Crippen molar-refractivity contribution in [3.05, 3.63) is 101 Å². The Hall–Kier alpha value is -3.42. The van der Waals surface area contributed by atoms with Gasteiger partial charge in [0.25, 0.3) is 5.56 Å². The zero-order valence-corrected chi connectivity index (χ0v) is 15.4. The number of hydrogen-bond donors (Lipinski definition) is 2. The van der Waals surface area contributed by atoms with Crippen molar-refractivity contribution in [2.45, 2.75) is 4.90 Å². The van der Waals surface area contributed by atoms with Crippen LogP contribution in [0.25, 0.3) is 10.9 Å². The zero-order valence-electron chi connectivity index (χ0n) is 14.6. The predicted molar refractivity (Wildman–Crippen MR) is 109 cm³/mol. The number of aromatic amines is 1. The maximum Gasteiger partial charge on any atom is 0.259 e. The molecule has 4 rings (SSSR count). The number of pyridine rings is 2. The molecule has 0 aliphatic heterocycles. The van der Waals surface area contributed by atoms with Crippen molar-refractivity contribution in [3.8, 4) is 0 Å². The van der Waals surface area contributed by atoms with E-state index < -0.39 is 16.9 Å². The minimum Gasteiger partial charge on any atom is -0.588 e. The molecule has 28 heavy (non-hydrogen) atoms. The van der Waals surface area contributed by atoms with E-state index in [2.05, 4.69) is 14.7 Å². The van der Waals surface area contributed by atoms with Crippen LogP contribution in [0.1, 0.15) is 15.9 Å². The molecule has 2 aromatic carbocycles. The highest BCUT2D eigenvalue weighted by molar-refractivity contribution is 7.92. The standard InChI is InChI=1S/C21H15N3O3S/c25-20(14-6-2-1-3-7-14)17-12-16-18(23-21(17)26)9-4-10-19(16)24-28(27)15-8-5-11-22-13-15/h1-13,24H,(H,23,26). The Morgan fingerprint density at radius 2 is 1.86 bits per heavy atom. The number of rotatable bonds is 5. The number of carbonyl (C=O) groups is 1. The summed E-state index contributed by atoms with van der Waals surface area (Å²) in [5.41, 5.74) is 1.07. The van der Waals surface area contributed by atoms with Gasteiger partial charge < -0.3 is 9.54 Å². The maximum absolute atomic E-state index is 12.8. The molecular formula is C21H15N3O3S. The van der Waals surface area contributed by atoms with Crippen molar-refractivity contribution < 1.29 is 9.35 Å². The normalized spacial score (nSPS) is 11.9. The van der Waals surface area contributed by atoms with Crippen LogP contribution < -0.4 is 10.3 Å². The van der Waals surface area contributed by atoms with Gasteiger partial charge in [-0.3, -0.25) is 14.6 Å². The van der Waals surface area contributed by atoms with E-state index in [4.69, 9.17) is 0 Å². The third kappa shape index (κ3) is 3.53. The Labute approximate surface area is 163 Å². The maximum atomic E-state index is 12.8. The van der Waals surface area contributed by atoms with E-state index in [0.29, 0.717) is 27.0 Å². The Morgan fingerprint density at radius 3 is 2.61 bits per heavy atom. The average molecular weight is 389 g/mol. The van der Waals surface area contributed by atoms with Crippen LogP contribution in [-0.4, -0.2) is 20.3 Å². The topological polar surface area (TPSA) is 97.9 Å². The molecule has 7 heteroatoms. The molecule has 0 amide bonds. The lowest BCUT2D eigenvalue weighted by atomic mass is 10.0. The fraction of sp³-hybridized carbons (Fsp3) is 0. The lowest BCUT2D eigenvalue weighted by Crippen LogP contribution is -2.19. The Kier molecular flexibility index (Phi) is 4.92. The van der Waals surface area contributed by atoms with E-state index >= 15 is 0 Å². The van der Waals surface area contributed by atoms with Crippen LogP contribution in [0.4, 0.5) is 5.69 Å². The predicted octanol–water partition coefficient (Wildman–Crippen LogP) is 3.29. The number of fused-ring (bicyclic) bond motifs is 1. The minimum atomic E-state index is -1.54. The summed E-state index contributed by atoms with van der Waals surface area (Å²) in [6, 6.07) is 18.8. The molecule has 2 N–H and O–H groups in total. The van der Waals surface area contributed by atoms with Crippen molar-refractivity contribution in [2.24, 2.45) is 0 Å². The molecule has 138 valence electrons. The van der Waals surface area contributed by atoms with Gasteiger partial charge in [0.2, 0.25) is 0 Å². The molecule has 0 aliphatic rings. The van der Waals surface area contributed by atoms with Crippen LogP contribution in [0.5, 0.6) is 0 Å². The lowest BCUT2D eigenvalue weighted by Gasteiger charge is -2.13. The summed E-state index contributed by atoms with van der Waals surface area (Å²) in [7, 11) is 0. The summed E-state index contributed by atoms with van der Waals surface area (Å²) in [6.07, 6.45) is 3.12. The number of H-pyrrole nitrogens is 1. The molecule has 2 heterocycles. The molecule has 0 radical (unpaired) electrons. The van der Waals surface area contributed by atoms with Crippen LogP contribution in [-0.2, 0) is 11.4 Å². The second-order valence-electron chi connectivity index (χ2n) is 6.03. The number of ketones is 1. The summed E-state index contributed by atoms with van der Waals surface area (Å²) in [5.74, 6) is -0.369. The Balaban J connectivity index is 1.76. The fourth-order valence-corrected chi connectivity index (χ4v) is 3.70. The summed E-state index contributed by atoms with van der Waals surface area (Å²) in [4.78, 5) is 32.4. The number of hydrogen-bond acceptors (Lipinski definition) is 5. The summed E-state index contributed by atoms with van der Waals surface area (Å²) < 4.78 is 15.5. The van der Waals surface area contributed by atoms with Crippen LogP contribution in [0.2, 0.25) is 0 Å². The molecule has 0 aliphatic carbocycles. The van der Waals surface area contributed by atoms with Gasteiger partial charge >= 0.3 is 0 Å². The van der Waals surface area contributed by atoms with Crippen molar-refractivity contribution >= 4 is 33.7 Å². The monoisotopic (exact) mass is 389 g/mol. The van der Waals surface area contributed by atoms with Gasteiger partial charge in [-0.05, 0) is 30.3 Å². The van der Waals surface area contributed by atoms with E-state index in [1.54, 1.807) is 66.9 Å². The number of carbonyl (C=O) groups excluding carboxylic acids is 1. The second-order valence-corrected chi connectivity index (χ2v) is 7.25. The molecule has 0 saturated heterocycles. The SMILES string of the molecule is O=C(c1ccccc1)c1cc2c(N[S+]([O-])c3cccnc3)cccc2[nH]c1=O. The van der Waals surface area contributed by atoms with E-state index in [1.807, 2.05) is 0 Å². The molecule has 0 saturated carbocycles. The number of nitrogens with zero attached hydrogens (tertiary/aromatic N) is 1. The third-order valence-corrected chi connectivity index (χ3v) is 5.29. The van der Waals surface area contributed by atoms with Crippen LogP contribution in [0.15, 0.2) is 88.8 Å². The first-order chi connectivity index (χ1) is 13.6. The van der Waals surface area contributed by atoms with Gasteiger partial charge in [-0.2, -0.15) is 0 Å². The number of benzene rings is 2. The Morgan fingerprint density at radius 1 is 1.04 bits per heavy atom. The number of nitrogens with one attached hydrogen (secondary N) is 2. The molecule has 1 unspecified atom stereocenters.